The quantitative estimate of drug-likeness (QED) is 0.376. The van der Waals surface area contributed by atoms with E-state index in [1.807, 2.05) is 12.1 Å². The van der Waals surface area contributed by atoms with Gasteiger partial charge in [0.15, 0.2) is 0 Å². The van der Waals surface area contributed by atoms with Crippen molar-refractivity contribution in [3.8, 4) is 5.75 Å². The predicted molar refractivity (Wildman–Crippen MR) is 92.0 cm³/mol. The van der Waals surface area contributed by atoms with Crippen LogP contribution in [0.25, 0.3) is 0 Å². The minimum absolute atomic E-state index is 0.0214. The van der Waals surface area contributed by atoms with Crippen molar-refractivity contribution in [2.45, 2.75) is 6.61 Å². The highest BCUT2D eigenvalue weighted by Gasteiger charge is 2.13. The van der Waals surface area contributed by atoms with Gasteiger partial charge in [0.25, 0.3) is 5.69 Å². The highest BCUT2D eigenvalue weighted by molar-refractivity contribution is 9.11. The van der Waals surface area contributed by atoms with E-state index in [2.05, 4.69) is 47.8 Å². The third-order valence-electron chi connectivity index (χ3n) is 2.58. The van der Waals surface area contributed by atoms with Crippen LogP contribution in [0.15, 0.2) is 43.7 Å². The van der Waals surface area contributed by atoms with E-state index in [0.717, 1.165) is 13.4 Å². The molecule has 0 fully saturated rings. The SMILES string of the molecule is O=[N+]([O-])c1ccc(Cl)c(COc2c(Br)cc(Br)cc2Br)c1. The molecule has 2 aromatic rings. The number of hydrogen-bond donors (Lipinski definition) is 0. The number of ether oxygens (including phenoxy) is 1. The Morgan fingerprint density at radius 1 is 1.14 bits per heavy atom. The Hall–Kier alpha value is -0.630. The van der Waals surface area contributed by atoms with Crippen LogP contribution < -0.4 is 4.74 Å². The molecular formula is C13H7Br3ClNO3. The highest BCUT2D eigenvalue weighted by Crippen LogP contribution is 2.37. The number of benzene rings is 2. The molecule has 21 heavy (non-hydrogen) atoms. The molecule has 0 radical (unpaired) electrons. The summed E-state index contributed by atoms with van der Waals surface area (Å²) in [6.45, 7) is 0.124. The Labute approximate surface area is 151 Å². The van der Waals surface area contributed by atoms with Gasteiger partial charge in [-0.3, -0.25) is 10.1 Å². The topological polar surface area (TPSA) is 52.4 Å². The molecule has 0 saturated heterocycles. The average Bonchev–Trinajstić information content (AvgIpc) is 2.39. The summed E-state index contributed by atoms with van der Waals surface area (Å²) in [6.07, 6.45) is 0. The zero-order valence-corrected chi connectivity index (χ0v) is 15.8. The fourth-order valence-corrected chi connectivity index (χ4v) is 4.26. The lowest BCUT2D eigenvalue weighted by Gasteiger charge is -2.11. The zero-order valence-electron chi connectivity index (χ0n) is 10.3. The van der Waals surface area contributed by atoms with Gasteiger partial charge in [-0.15, -0.1) is 0 Å². The minimum atomic E-state index is -0.467. The van der Waals surface area contributed by atoms with Gasteiger partial charge in [0.1, 0.15) is 12.4 Å². The van der Waals surface area contributed by atoms with Gasteiger partial charge in [0.2, 0.25) is 0 Å². The average molecular weight is 500 g/mol. The van der Waals surface area contributed by atoms with Gasteiger partial charge >= 0.3 is 0 Å². The molecule has 110 valence electrons. The van der Waals surface area contributed by atoms with Gasteiger partial charge in [-0.1, -0.05) is 27.5 Å². The van der Waals surface area contributed by atoms with Gasteiger partial charge < -0.3 is 4.74 Å². The van der Waals surface area contributed by atoms with Crippen molar-refractivity contribution < 1.29 is 9.66 Å². The molecule has 4 nitrogen and oxygen atoms in total. The van der Waals surface area contributed by atoms with Crippen LogP contribution >= 0.6 is 59.4 Å². The number of nitro groups is 1. The first kappa shape index (κ1) is 16.7. The molecule has 0 bridgehead atoms. The summed E-state index contributed by atoms with van der Waals surface area (Å²) in [6, 6.07) is 7.94. The monoisotopic (exact) mass is 497 g/mol. The summed E-state index contributed by atoms with van der Waals surface area (Å²) in [7, 11) is 0. The lowest BCUT2D eigenvalue weighted by molar-refractivity contribution is -0.384. The molecule has 0 aliphatic heterocycles. The van der Waals surface area contributed by atoms with Crippen LogP contribution in [0.3, 0.4) is 0 Å². The first-order chi connectivity index (χ1) is 9.88. The van der Waals surface area contributed by atoms with Gasteiger partial charge in [0, 0.05) is 27.2 Å². The van der Waals surface area contributed by atoms with Crippen LogP contribution in [-0.4, -0.2) is 4.92 Å². The minimum Gasteiger partial charge on any atom is -0.486 e. The molecule has 0 N–H and O–H groups in total. The van der Waals surface area contributed by atoms with Crippen molar-refractivity contribution in [2.75, 3.05) is 0 Å². The normalized spacial score (nSPS) is 10.5. The maximum atomic E-state index is 10.8. The first-order valence-electron chi connectivity index (χ1n) is 5.58. The first-order valence-corrected chi connectivity index (χ1v) is 8.34. The third-order valence-corrected chi connectivity index (χ3v) is 4.58. The fourth-order valence-electron chi connectivity index (χ4n) is 1.60. The standard InChI is InChI=1S/C13H7Br3ClNO3/c14-8-4-10(15)13(11(16)5-8)21-6-7-3-9(18(19)20)1-2-12(7)17/h1-5H,6H2. The fraction of sp³-hybridized carbons (Fsp3) is 0.0769. The maximum absolute atomic E-state index is 10.8. The molecule has 0 aliphatic rings. The van der Waals surface area contributed by atoms with E-state index < -0.39 is 4.92 Å². The largest absolute Gasteiger partial charge is 0.486 e. The number of rotatable bonds is 4. The molecule has 0 aromatic heterocycles. The summed E-state index contributed by atoms with van der Waals surface area (Å²) in [4.78, 5) is 10.3. The van der Waals surface area contributed by atoms with E-state index in [1.165, 1.54) is 18.2 Å². The Kier molecular flexibility index (Phi) is 5.65. The second-order valence-electron chi connectivity index (χ2n) is 4.02. The molecule has 0 spiro atoms. The van der Waals surface area contributed by atoms with Gasteiger partial charge in [-0.2, -0.15) is 0 Å². The second kappa shape index (κ2) is 7.09. The molecule has 0 saturated carbocycles. The number of nitrogens with zero attached hydrogens (tertiary/aromatic N) is 1. The molecule has 0 atom stereocenters. The summed E-state index contributed by atoms with van der Waals surface area (Å²) >= 11 is 16.2. The molecule has 0 unspecified atom stereocenters. The van der Waals surface area contributed by atoms with Crippen LogP contribution in [0.4, 0.5) is 5.69 Å². The van der Waals surface area contributed by atoms with E-state index in [4.69, 9.17) is 16.3 Å². The smallest absolute Gasteiger partial charge is 0.269 e. The van der Waals surface area contributed by atoms with Crippen molar-refractivity contribution in [1.82, 2.24) is 0 Å². The van der Waals surface area contributed by atoms with Crippen LogP contribution in [0.1, 0.15) is 5.56 Å². The van der Waals surface area contributed by atoms with Crippen LogP contribution in [0.2, 0.25) is 5.02 Å². The van der Waals surface area contributed by atoms with E-state index in [0.29, 0.717) is 16.3 Å². The van der Waals surface area contributed by atoms with Crippen molar-refractivity contribution in [2.24, 2.45) is 0 Å². The van der Waals surface area contributed by atoms with Gasteiger partial charge in [-0.25, -0.2) is 0 Å². The number of halogens is 4. The highest BCUT2D eigenvalue weighted by atomic mass is 79.9. The van der Waals surface area contributed by atoms with E-state index >= 15 is 0 Å². The van der Waals surface area contributed by atoms with Crippen molar-refractivity contribution in [3.63, 3.8) is 0 Å². The Bertz CT molecular complexity index is 686. The molecule has 0 aliphatic carbocycles. The molecule has 0 heterocycles. The lowest BCUT2D eigenvalue weighted by atomic mass is 10.2. The predicted octanol–water partition coefficient (Wildman–Crippen LogP) is 6.11. The summed E-state index contributed by atoms with van der Waals surface area (Å²) < 4.78 is 8.10. The summed E-state index contributed by atoms with van der Waals surface area (Å²) in [5.41, 5.74) is 0.527. The third kappa shape index (κ3) is 4.18. The van der Waals surface area contributed by atoms with Crippen molar-refractivity contribution in [3.05, 3.63) is 64.5 Å². The summed E-state index contributed by atoms with van der Waals surface area (Å²) in [5.74, 6) is 0.598. The number of nitro benzene ring substituents is 1. The van der Waals surface area contributed by atoms with Crippen molar-refractivity contribution in [1.29, 1.82) is 0 Å². The molecule has 2 aromatic carbocycles. The van der Waals surface area contributed by atoms with E-state index in [1.54, 1.807) is 0 Å². The van der Waals surface area contributed by atoms with Crippen LogP contribution in [0.5, 0.6) is 5.75 Å². The zero-order chi connectivity index (χ0) is 15.6. The Morgan fingerprint density at radius 2 is 1.76 bits per heavy atom. The molecule has 8 heteroatoms. The van der Waals surface area contributed by atoms with Gasteiger partial charge in [-0.05, 0) is 50.1 Å². The van der Waals surface area contributed by atoms with Crippen LogP contribution in [0, 0.1) is 10.1 Å². The van der Waals surface area contributed by atoms with Crippen LogP contribution in [-0.2, 0) is 6.61 Å². The molecular weight excluding hydrogens is 493 g/mol. The van der Waals surface area contributed by atoms with Gasteiger partial charge in [0.05, 0.1) is 13.9 Å². The van der Waals surface area contributed by atoms with Crippen molar-refractivity contribution >= 4 is 65.1 Å². The van der Waals surface area contributed by atoms with E-state index in [9.17, 15) is 10.1 Å². The Balaban J connectivity index is 2.24. The lowest BCUT2D eigenvalue weighted by Crippen LogP contribution is -1.99. The summed E-state index contributed by atoms with van der Waals surface area (Å²) in [5, 5.41) is 11.2. The second-order valence-corrected chi connectivity index (χ2v) is 7.05. The Morgan fingerprint density at radius 3 is 2.33 bits per heavy atom. The number of non-ortho nitro benzene ring substituents is 1. The maximum Gasteiger partial charge on any atom is 0.269 e. The molecule has 0 amide bonds. The van der Waals surface area contributed by atoms with E-state index in [-0.39, 0.29) is 12.3 Å². The molecule has 2 rings (SSSR count). The number of hydrogen-bond acceptors (Lipinski definition) is 3.